The Hall–Kier alpha value is -1.95. The molecule has 0 saturated carbocycles. The molecule has 1 aromatic rings. The lowest BCUT2D eigenvalue weighted by Crippen LogP contribution is -2.49. The average molecular weight is 348 g/mol. The maximum atomic E-state index is 12.2. The number of hydrogen-bond acceptors (Lipinski definition) is 4. The first-order valence-electron chi connectivity index (χ1n) is 8.01. The molecule has 2 rings (SSSR count). The van der Waals surface area contributed by atoms with E-state index in [1.165, 1.54) is 21.6 Å². The van der Waals surface area contributed by atoms with Crippen LogP contribution >= 0.6 is 11.8 Å². The quantitative estimate of drug-likeness (QED) is 0.633. The van der Waals surface area contributed by atoms with Gasteiger partial charge < -0.3 is 15.4 Å². The summed E-state index contributed by atoms with van der Waals surface area (Å²) >= 11 is 1.62. The highest BCUT2D eigenvalue weighted by molar-refractivity contribution is 7.99. The second kappa shape index (κ2) is 7.75. The fourth-order valence-corrected chi connectivity index (χ4v) is 4.02. The third kappa shape index (κ3) is 4.12. The van der Waals surface area contributed by atoms with Gasteiger partial charge in [-0.2, -0.15) is 0 Å². The van der Waals surface area contributed by atoms with Crippen molar-refractivity contribution in [2.75, 3.05) is 12.4 Å². The molecule has 0 fully saturated rings. The van der Waals surface area contributed by atoms with Gasteiger partial charge in [-0.3, -0.25) is 0 Å². The van der Waals surface area contributed by atoms with Crippen LogP contribution in [0.1, 0.15) is 30.5 Å². The predicted molar refractivity (Wildman–Crippen MR) is 96.2 cm³/mol. The molecule has 24 heavy (non-hydrogen) atoms. The molecule has 2 N–H and O–H groups in total. The van der Waals surface area contributed by atoms with Crippen LogP contribution in [0.15, 0.2) is 28.3 Å². The number of amides is 2. The molecular formula is C18H24N2O3S. The molecule has 1 aliphatic rings. The van der Waals surface area contributed by atoms with E-state index in [1.807, 2.05) is 0 Å². The van der Waals surface area contributed by atoms with Gasteiger partial charge in [-0.25, -0.2) is 9.59 Å². The Bertz CT molecular complexity index is 674. The minimum Gasteiger partial charge on any atom is -0.463 e. The van der Waals surface area contributed by atoms with Crippen LogP contribution in [0.5, 0.6) is 0 Å². The highest BCUT2D eigenvalue weighted by atomic mass is 32.2. The first-order valence-corrected chi connectivity index (χ1v) is 9.00. The van der Waals surface area contributed by atoms with Crippen LogP contribution in [0.3, 0.4) is 0 Å². The van der Waals surface area contributed by atoms with E-state index in [0.29, 0.717) is 23.6 Å². The summed E-state index contributed by atoms with van der Waals surface area (Å²) in [5.74, 6) is 0.127. The lowest BCUT2D eigenvalue weighted by atomic mass is 10.1. The van der Waals surface area contributed by atoms with Gasteiger partial charge in [0.15, 0.2) is 0 Å². The van der Waals surface area contributed by atoms with Crippen molar-refractivity contribution in [3.63, 3.8) is 0 Å². The van der Waals surface area contributed by atoms with Crippen molar-refractivity contribution in [1.29, 1.82) is 0 Å². The smallest absolute Gasteiger partial charge is 0.337 e. The highest BCUT2D eigenvalue weighted by Gasteiger charge is 2.29. The second-order valence-corrected chi connectivity index (χ2v) is 6.93. The maximum Gasteiger partial charge on any atom is 0.337 e. The van der Waals surface area contributed by atoms with E-state index in [4.69, 9.17) is 4.74 Å². The van der Waals surface area contributed by atoms with E-state index in [1.54, 1.807) is 25.6 Å². The molecule has 1 unspecified atom stereocenters. The number of carbonyl (C=O) groups is 2. The van der Waals surface area contributed by atoms with Gasteiger partial charge in [0, 0.05) is 16.3 Å². The summed E-state index contributed by atoms with van der Waals surface area (Å²) in [6, 6.07) is 3.62. The maximum absolute atomic E-state index is 12.2. The van der Waals surface area contributed by atoms with Gasteiger partial charge in [0.2, 0.25) is 0 Å². The van der Waals surface area contributed by atoms with Crippen molar-refractivity contribution < 1.29 is 14.3 Å². The molecule has 0 spiro atoms. The Morgan fingerprint density at radius 3 is 2.46 bits per heavy atom. The monoisotopic (exact) mass is 348 g/mol. The van der Waals surface area contributed by atoms with Crippen molar-refractivity contribution in [1.82, 2.24) is 10.6 Å². The molecule has 2 amide bonds. The Labute approximate surface area is 147 Å². The summed E-state index contributed by atoms with van der Waals surface area (Å²) in [6.07, 6.45) is 0. The number of esters is 1. The Kier molecular flexibility index (Phi) is 5.94. The SMILES string of the molecule is CCOC(=O)C1=C(CSc2c(C)cc(C)cc2C)NC(=O)NC1C. The molecule has 5 nitrogen and oxygen atoms in total. The number of nitrogens with one attached hydrogen (secondary N) is 2. The number of urea groups is 1. The Balaban J connectivity index is 2.28. The zero-order valence-electron chi connectivity index (χ0n) is 14.8. The molecule has 1 atom stereocenters. The van der Waals surface area contributed by atoms with E-state index in [0.717, 1.165) is 0 Å². The topological polar surface area (TPSA) is 67.4 Å². The number of ether oxygens (including phenoxy) is 1. The second-order valence-electron chi connectivity index (χ2n) is 5.95. The van der Waals surface area contributed by atoms with E-state index < -0.39 is 0 Å². The lowest BCUT2D eigenvalue weighted by molar-refractivity contribution is -0.138. The number of aryl methyl sites for hydroxylation is 3. The van der Waals surface area contributed by atoms with Crippen molar-refractivity contribution >= 4 is 23.8 Å². The largest absolute Gasteiger partial charge is 0.463 e. The molecule has 0 aliphatic carbocycles. The Morgan fingerprint density at radius 2 is 1.88 bits per heavy atom. The van der Waals surface area contributed by atoms with Crippen molar-refractivity contribution in [3.8, 4) is 0 Å². The number of hydrogen-bond donors (Lipinski definition) is 2. The highest BCUT2D eigenvalue weighted by Crippen LogP contribution is 2.30. The van der Waals surface area contributed by atoms with E-state index in [9.17, 15) is 9.59 Å². The van der Waals surface area contributed by atoms with E-state index >= 15 is 0 Å². The minimum absolute atomic E-state index is 0.288. The molecule has 0 bridgehead atoms. The zero-order chi connectivity index (χ0) is 17.9. The van der Waals surface area contributed by atoms with Gasteiger partial charge >= 0.3 is 12.0 Å². The molecule has 130 valence electrons. The molecule has 1 aliphatic heterocycles. The average Bonchev–Trinajstić information content (AvgIpc) is 2.45. The third-order valence-corrected chi connectivity index (χ3v) is 5.20. The molecule has 6 heteroatoms. The van der Waals surface area contributed by atoms with Gasteiger partial charge in [-0.15, -0.1) is 11.8 Å². The number of rotatable bonds is 5. The van der Waals surface area contributed by atoms with Gasteiger partial charge in [0.05, 0.1) is 18.2 Å². The van der Waals surface area contributed by atoms with Crippen LogP contribution in [-0.2, 0) is 9.53 Å². The first kappa shape index (κ1) is 18.4. The van der Waals surface area contributed by atoms with Crippen molar-refractivity contribution in [3.05, 3.63) is 40.1 Å². The summed E-state index contributed by atoms with van der Waals surface area (Å²) < 4.78 is 5.14. The van der Waals surface area contributed by atoms with E-state index in [-0.39, 0.29) is 18.0 Å². The molecule has 0 aromatic heterocycles. The van der Waals surface area contributed by atoms with Gasteiger partial charge in [-0.05, 0) is 45.7 Å². The van der Waals surface area contributed by atoms with Crippen LogP contribution < -0.4 is 10.6 Å². The normalized spacial score (nSPS) is 17.4. The lowest BCUT2D eigenvalue weighted by Gasteiger charge is -2.26. The summed E-state index contributed by atoms with van der Waals surface area (Å²) in [5, 5.41) is 5.47. The molecule has 1 aromatic carbocycles. The van der Waals surface area contributed by atoms with Crippen LogP contribution in [0.4, 0.5) is 4.79 Å². The molecule has 0 radical (unpaired) electrons. The fraction of sp³-hybridized carbons (Fsp3) is 0.444. The molecule has 0 saturated heterocycles. The van der Waals surface area contributed by atoms with Crippen LogP contribution in [-0.4, -0.2) is 30.4 Å². The number of benzene rings is 1. The number of carbonyl (C=O) groups excluding carboxylic acids is 2. The summed E-state index contributed by atoms with van der Waals surface area (Å²) in [5.41, 5.74) is 4.73. The van der Waals surface area contributed by atoms with Gasteiger partial charge in [0.1, 0.15) is 0 Å². The van der Waals surface area contributed by atoms with Crippen molar-refractivity contribution in [2.24, 2.45) is 0 Å². The standard InChI is InChI=1S/C18H24N2O3S/c1-6-23-17(21)15-13(5)19-18(22)20-14(15)9-24-16-11(3)7-10(2)8-12(16)4/h7-8,13H,6,9H2,1-5H3,(H2,19,20,22). The summed E-state index contributed by atoms with van der Waals surface area (Å²) in [7, 11) is 0. The predicted octanol–water partition coefficient (Wildman–Crippen LogP) is 3.22. The summed E-state index contributed by atoms with van der Waals surface area (Å²) in [6.45, 7) is 10.1. The van der Waals surface area contributed by atoms with Gasteiger partial charge in [0.25, 0.3) is 0 Å². The van der Waals surface area contributed by atoms with Crippen LogP contribution in [0.2, 0.25) is 0 Å². The Morgan fingerprint density at radius 1 is 1.25 bits per heavy atom. The molecule has 1 heterocycles. The third-order valence-electron chi connectivity index (χ3n) is 3.83. The first-order chi connectivity index (χ1) is 11.3. The fourth-order valence-electron chi connectivity index (χ4n) is 2.93. The van der Waals surface area contributed by atoms with Gasteiger partial charge in [-0.1, -0.05) is 17.7 Å². The van der Waals surface area contributed by atoms with Crippen molar-refractivity contribution in [2.45, 2.75) is 45.6 Å². The summed E-state index contributed by atoms with van der Waals surface area (Å²) in [4.78, 5) is 25.2. The van der Waals surface area contributed by atoms with E-state index in [2.05, 4.69) is 43.5 Å². The van der Waals surface area contributed by atoms with Crippen LogP contribution in [0.25, 0.3) is 0 Å². The molecular weight excluding hydrogens is 324 g/mol. The van der Waals surface area contributed by atoms with Crippen LogP contribution in [0, 0.1) is 20.8 Å². The number of thioether (sulfide) groups is 1. The minimum atomic E-state index is -0.384. The zero-order valence-corrected chi connectivity index (χ0v) is 15.6.